The average Bonchev–Trinajstić information content (AvgIpc) is 3.39. The lowest BCUT2D eigenvalue weighted by Crippen LogP contribution is -2.44. The van der Waals surface area contributed by atoms with E-state index in [1.807, 2.05) is 35.2 Å². The molecule has 3 aromatic rings. The van der Waals surface area contributed by atoms with Gasteiger partial charge in [-0.2, -0.15) is 0 Å². The summed E-state index contributed by atoms with van der Waals surface area (Å²) in [5.74, 6) is 0.704. The summed E-state index contributed by atoms with van der Waals surface area (Å²) in [6.07, 6.45) is 4.09. The Labute approximate surface area is 168 Å². The summed E-state index contributed by atoms with van der Waals surface area (Å²) < 4.78 is 13.9. The lowest BCUT2D eigenvalue weighted by atomic mass is 10.2. The largest absolute Gasteiger partial charge is 0.352 e. The Bertz CT molecular complexity index is 976. The number of H-pyrrole nitrogens is 1. The third-order valence-corrected chi connectivity index (χ3v) is 5.00. The second-order valence-electron chi connectivity index (χ2n) is 7.16. The van der Waals surface area contributed by atoms with Gasteiger partial charge in [-0.25, -0.2) is 19.2 Å². The molecule has 0 spiro atoms. The molecule has 1 fully saturated rings. The van der Waals surface area contributed by atoms with E-state index < -0.39 is 0 Å². The van der Waals surface area contributed by atoms with Gasteiger partial charge in [-0.1, -0.05) is 30.3 Å². The van der Waals surface area contributed by atoms with Crippen molar-refractivity contribution in [2.75, 3.05) is 25.0 Å². The van der Waals surface area contributed by atoms with Crippen molar-refractivity contribution in [2.24, 2.45) is 0 Å². The molecule has 1 unspecified atom stereocenters. The van der Waals surface area contributed by atoms with Gasteiger partial charge in [-0.15, -0.1) is 0 Å². The molecule has 3 heterocycles. The highest BCUT2D eigenvalue weighted by atomic mass is 19.1. The minimum absolute atomic E-state index is 0.0529. The number of imidazole rings is 1. The minimum Gasteiger partial charge on any atom is -0.352 e. The van der Waals surface area contributed by atoms with Gasteiger partial charge in [-0.3, -0.25) is 0 Å². The molecule has 1 aliphatic heterocycles. The lowest BCUT2D eigenvalue weighted by molar-refractivity contribution is 0.202. The van der Waals surface area contributed by atoms with Crippen molar-refractivity contribution in [3.05, 3.63) is 66.5 Å². The molecule has 7 nitrogen and oxygen atoms in total. The number of aromatic nitrogens is 3. The Morgan fingerprint density at radius 3 is 2.90 bits per heavy atom. The summed E-state index contributed by atoms with van der Waals surface area (Å²) >= 11 is 0. The van der Waals surface area contributed by atoms with Gasteiger partial charge in [0.05, 0.1) is 18.4 Å². The van der Waals surface area contributed by atoms with Gasteiger partial charge in [0.1, 0.15) is 5.82 Å². The zero-order chi connectivity index (χ0) is 20.2. The summed E-state index contributed by atoms with van der Waals surface area (Å²) in [5, 5.41) is 3.01. The van der Waals surface area contributed by atoms with Crippen molar-refractivity contribution < 1.29 is 9.18 Å². The molecule has 0 saturated carbocycles. The Kier molecular flexibility index (Phi) is 5.41. The normalized spacial score (nSPS) is 16.1. The quantitative estimate of drug-likeness (QED) is 0.697. The van der Waals surface area contributed by atoms with Gasteiger partial charge < -0.3 is 20.1 Å². The van der Waals surface area contributed by atoms with E-state index in [2.05, 4.69) is 20.3 Å². The maximum atomic E-state index is 13.9. The third kappa shape index (κ3) is 4.37. The molecule has 1 aliphatic rings. The minimum atomic E-state index is -0.344. The van der Waals surface area contributed by atoms with Crippen molar-refractivity contribution in [3.63, 3.8) is 0 Å². The molecule has 0 radical (unpaired) electrons. The fraction of sp³-hybridized carbons (Fsp3) is 0.286. The van der Waals surface area contributed by atoms with Crippen LogP contribution in [0.4, 0.5) is 15.0 Å². The Hall–Kier alpha value is -3.42. The second-order valence-corrected chi connectivity index (χ2v) is 7.16. The first-order valence-corrected chi connectivity index (χ1v) is 9.56. The maximum absolute atomic E-state index is 13.9. The molecule has 1 saturated heterocycles. The number of hydrogen-bond acceptors (Lipinski definition) is 4. The predicted molar refractivity (Wildman–Crippen MR) is 109 cm³/mol. The van der Waals surface area contributed by atoms with E-state index in [0.29, 0.717) is 31.3 Å². The van der Waals surface area contributed by atoms with Crippen molar-refractivity contribution >= 4 is 11.8 Å². The van der Waals surface area contributed by atoms with Gasteiger partial charge in [0.15, 0.2) is 11.6 Å². The summed E-state index contributed by atoms with van der Waals surface area (Å²) in [7, 11) is 1.73. The fourth-order valence-corrected chi connectivity index (χ4v) is 3.47. The number of pyridine rings is 1. The highest BCUT2D eigenvalue weighted by Crippen LogP contribution is 2.21. The van der Waals surface area contributed by atoms with Crippen LogP contribution in [0.1, 0.15) is 12.2 Å². The molecular weight excluding hydrogens is 371 g/mol. The lowest BCUT2D eigenvalue weighted by Gasteiger charge is -2.21. The molecule has 2 N–H and O–H groups in total. The number of aromatic amines is 1. The van der Waals surface area contributed by atoms with E-state index in [1.54, 1.807) is 30.4 Å². The number of rotatable bonds is 5. The van der Waals surface area contributed by atoms with Crippen LogP contribution in [0.15, 0.2) is 54.9 Å². The monoisotopic (exact) mass is 394 g/mol. The molecular formula is C21H23FN6O. The van der Waals surface area contributed by atoms with E-state index in [1.165, 1.54) is 6.07 Å². The molecule has 4 rings (SSSR count). The maximum Gasteiger partial charge on any atom is 0.317 e. The molecule has 2 aromatic heterocycles. The molecule has 0 aliphatic carbocycles. The molecule has 29 heavy (non-hydrogen) atoms. The van der Waals surface area contributed by atoms with E-state index >= 15 is 0 Å². The average molecular weight is 394 g/mol. The highest BCUT2D eigenvalue weighted by Gasteiger charge is 2.27. The van der Waals surface area contributed by atoms with Gasteiger partial charge in [0, 0.05) is 32.4 Å². The number of nitrogens with zero attached hydrogens (tertiary/aromatic N) is 4. The first-order chi connectivity index (χ1) is 14.1. The summed E-state index contributed by atoms with van der Waals surface area (Å²) in [6, 6.07) is 12.6. The van der Waals surface area contributed by atoms with Gasteiger partial charge in [0.25, 0.3) is 0 Å². The fourth-order valence-electron chi connectivity index (χ4n) is 3.47. The van der Waals surface area contributed by atoms with E-state index in [4.69, 9.17) is 0 Å². The highest BCUT2D eigenvalue weighted by molar-refractivity contribution is 5.74. The smallest absolute Gasteiger partial charge is 0.317 e. The van der Waals surface area contributed by atoms with Gasteiger partial charge in [0.2, 0.25) is 0 Å². The van der Waals surface area contributed by atoms with E-state index in [9.17, 15) is 9.18 Å². The Morgan fingerprint density at radius 1 is 1.28 bits per heavy atom. The van der Waals surface area contributed by atoms with Crippen LogP contribution in [0.3, 0.4) is 0 Å². The molecule has 0 bridgehead atoms. The first-order valence-electron chi connectivity index (χ1n) is 9.56. The van der Waals surface area contributed by atoms with Crippen molar-refractivity contribution in [3.8, 4) is 11.3 Å². The van der Waals surface area contributed by atoms with Crippen LogP contribution in [0.5, 0.6) is 0 Å². The number of anilines is 1. The number of carbonyl (C=O) groups is 1. The Balaban J connectivity index is 1.31. The van der Waals surface area contributed by atoms with Crippen LogP contribution in [-0.4, -0.2) is 52.1 Å². The van der Waals surface area contributed by atoms with Gasteiger partial charge in [-0.05, 0) is 24.1 Å². The van der Waals surface area contributed by atoms with Crippen LogP contribution in [0, 0.1) is 5.82 Å². The number of benzene rings is 1. The molecule has 150 valence electrons. The zero-order valence-corrected chi connectivity index (χ0v) is 16.2. The van der Waals surface area contributed by atoms with Crippen LogP contribution in [0.25, 0.3) is 11.3 Å². The molecule has 8 heteroatoms. The standard InChI is InChI=1S/C21H23FN6O/c1-27(14-19-24-12-18(26-19)15-6-3-2-4-7-15)21(29)25-16-9-11-28(13-16)20-17(22)8-5-10-23-20/h2-8,10,12,16H,9,11,13-14H2,1H3,(H,24,26)(H,25,29). The summed E-state index contributed by atoms with van der Waals surface area (Å²) in [6.45, 7) is 1.55. The molecule has 1 atom stereocenters. The topological polar surface area (TPSA) is 77.2 Å². The predicted octanol–water partition coefficient (Wildman–Crippen LogP) is 3.03. The van der Waals surface area contributed by atoms with Crippen molar-refractivity contribution in [1.29, 1.82) is 0 Å². The molecule has 1 aromatic carbocycles. The van der Waals surface area contributed by atoms with Crippen LogP contribution in [-0.2, 0) is 6.54 Å². The number of amides is 2. The van der Waals surface area contributed by atoms with Crippen molar-refractivity contribution in [1.82, 2.24) is 25.2 Å². The summed E-state index contributed by atoms with van der Waals surface area (Å²) in [5.41, 5.74) is 1.96. The number of carbonyl (C=O) groups excluding carboxylic acids is 1. The first kappa shape index (κ1) is 18.9. The molecule has 2 amide bonds. The van der Waals surface area contributed by atoms with E-state index in [-0.39, 0.29) is 17.9 Å². The number of halogens is 1. The number of nitrogens with one attached hydrogen (secondary N) is 2. The Morgan fingerprint density at radius 2 is 2.10 bits per heavy atom. The van der Waals surface area contributed by atoms with Crippen LogP contribution >= 0.6 is 0 Å². The number of urea groups is 1. The SMILES string of the molecule is CN(Cc1ncc(-c2ccccc2)[nH]1)C(=O)NC1CCN(c2ncccc2F)C1. The zero-order valence-electron chi connectivity index (χ0n) is 16.2. The van der Waals surface area contributed by atoms with Crippen LogP contribution < -0.4 is 10.2 Å². The second kappa shape index (κ2) is 8.30. The number of hydrogen-bond donors (Lipinski definition) is 2. The van der Waals surface area contributed by atoms with Crippen LogP contribution in [0.2, 0.25) is 0 Å². The van der Waals surface area contributed by atoms with Gasteiger partial charge >= 0.3 is 6.03 Å². The van der Waals surface area contributed by atoms with Crippen molar-refractivity contribution in [2.45, 2.75) is 19.0 Å². The summed E-state index contributed by atoms with van der Waals surface area (Å²) in [4.78, 5) is 27.7. The van der Waals surface area contributed by atoms with E-state index in [0.717, 1.165) is 17.7 Å². The third-order valence-electron chi connectivity index (χ3n) is 5.00.